The molecule has 0 bridgehead atoms. The number of hydrogen-bond acceptors (Lipinski definition) is 0. The van der Waals surface area contributed by atoms with Crippen LogP contribution in [-0.4, -0.2) is 9.13 Å². The van der Waals surface area contributed by atoms with Gasteiger partial charge >= 0.3 is 0 Å². The number of benzene rings is 7. The third-order valence-corrected chi connectivity index (χ3v) is 10.5. The van der Waals surface area contributed by atoms with Gasteiger partial charge in [0, 0.05) is 33.8 Å². The molecular formula is C45H32N2. The van der Waals surface area contributed by atoms with Crippen LogP contribution >= 0.6 is 0 Å². The van der Waals surface area contributed by atoms with Crippen molar-refractivity contribution in [2.24, 2.45) is 0 Å². The van der Waals surface area contributed by atoms with E-state index in [0.29, 0.717) is 0 Å². The van der Waals surface area contributed by atoms with Crippen LogP contribution in [0, 0.1) is 0 Å². The summed E-state index contributed by atoms with van der Waals surface area (Å²) in [6.07, 6.45) is 2.22. The topological polar surface area (TPSA) is 9.86 Å². The molecule has 0 saturated heterocycles. The molecule has 2 nitrogen and oxygen atoms in total. The largest absolute Gasteiger partial charge is 0.317 e. The second-order valence-electron chi connectivity index (χ2n) is 13.5. The lowest BCUT2D eigenvalue weighted by atomic mass is 9.82. The van der Waals surface area contributed by atoms with E-state index in [1.54, 1.807) is 0 Å². The van der Waals surface area contributed by atoms with E-state index in [0.717, 1.165) is 0 Å². The summed E-state index contributed by atoms with van der Waals surface area (Å²) < 4.78 is 4.76. The summed E-state index contributed by atoms with van der Waals surface area (Å²) in [6.45, 7) is 4.70. The van der Waals surface area contributed by atoms with Gasteiger partial charge in [-0.15, -0.1) is 0 Å². The fourth-order valence-electron chi connectivity index (χ4n) is 8.12. The maximum absolute atomic E-state index is 2.41. The van der Waals surface area contributed by atoms with Crippen molar-refractivity contribution in [2.75, 3.05) is 0 Å². The molecule has 1 aliphatic rings. The predicted octanol–water partition coefficient (Wildman–Crippen LogP) is 11.9. The van der Waals surface area contributed by atoms with Crippen LogP contribution in [0.25, 0.3) is 77.1 Å². The van der Waals surface area contributed by atoms with Crippen LogP contribution in [-0.2, 0) is 5.41 Å². The standard InChI is InChI=1S/C45H32N2/c1-45(2)40-15-9-8-14-36(40)37-20-19-35(28-41(37)45)46-23-22-29-16-17-33(26-43(29)46)32-18-21-42-38(25-32)39-24-30-10-6-7-11-31(30)27-44(39)47(42)34-12-4-3-5-13-34/h3-28H,1-2H3. The van der Waals surface area contributed by atoms with Gasteiger partial charge < -0.3 is 9.13 Å². The molecule has 0 spiro atoms. The molecule has 47 heavy (non-hydrogen) atoms. The Morgan fingerprint density at radius 3 is 2.00 bits per heavy atom. The van der Waals surface area contributed by atoms with Gasteiger partial charge in [0.25, 0.3) is 0 Å². The van der Waals surface area contributed by atoms with Gasteiger partial charge in [-0.3, -0.25) is 0 Å². The Balaban J connectivity index is 1.14. The van der Waals surface area contributed by atoms with Crippen LogP contribution in [0.5, 0.6) is 0 Å². The van der Waals surface area contributed by atoms with Crippen molar-refractivity contribution >= 4 is 43.5 Å². The molecule has 0 atom stereocenters. The maximum atomic E-state index is 2.41. The number of rotatable bonds is 3. The van der Waals surface area contributed by atoms with Crippen molar-refractivity contribution in [3.05, 3.63) is 169 Å². The molecule has 0 N–H and O–H groups in total. The van der Waals surface area contributed by atoms with Crippen LogP contribution < -0.4 is 0 Å². The number of fused-ring (bicyclic) bond motifs is 8. The first-order valence-corrected chi connectivity index (χ1v) is 16.4. The van der Waals surface area contributed by atoms with Gasteiger partial charge in [0.1, 0.15) is 0 Å². The molecule has 0 aliphatic heterocycles. The highest BCUT2D eigenvalue weighted by Crippen LogP contribution is 2.49. The first-order chi connectivity index (χ1) is 23.0. The molecule has 0 saturated carbocycles. The molecule has 2 aromatic heterocycles. The molecule has 10 rings (SSSR count). The fraction of sp³-hybridized carbons (Fsp3) is 0.0667. The molecule has 222 valence electrons. The molecule has 0 amide bonds. The molecule has 0 radical (unpaired) electrons. The maximum Gasteiger partial charge on any atom is 0.0547 e. The number of nitrogens with zero attached hydrogens (tertiary/aromatic N) is 2. The summed E-state index contributed by atoms with van der Waals surface area (Å²) in [5.74, 6) is 0. The molecule has 0 fully saturated rings. The third-order valence-electron chi connectivity index (χ3n) is 10.5. The summed E-state index contributed by atoms with van der Waals surface area (Å²) in [6, 6.07) is 56.0. The lowest BCUT2D eigenvalue weighted by Crippen LogP contribution is -2.15. The number of hydrogen-bond donors (Lipinski definition) is 0. The van der Waals surface area contributed by atoms with Crippen molar-refractivity contribution in [3.63, 3.8) is 0 Å². The summed E-state index contributed by atoms with van der Waals surface area (Å²) in [4.78, 5) is 0. The van der Waals surface area contributed by atoms with Crippen molar-refractivity contribution in [1.82, 2.24) is 9.13 Å². The Kier molecular flexibility index (Phi) is 5.37. The van der Waals surface area contributed by atoms with Crippen molar-refractivity contribution in [3.8, 4) is 33.6 Å². The van der Waals surface area contributed by atoms with Crippen molar-refractivity contribution in [2.45, 2.75) is 19.3 Å². The van der Waals surface area contributed by atoms with Crippen LogP contribution in [0.1, 0.15) is 25.0 Å². The summed E-state index contributed by atoms with van der Waals surface area (Å²) in [5, 5.41) is 6.30. The highest BCUT2D eigenvalue weighted by atomic mass is 15.0. The molecule has 7 aromatic carbocycles. The number of aromatic nitrogens is 2. The molecular weight excluding hydrogens is 569 g/mol. The minimum Gasteiger partial charge on any atom is -0.317 e. The lowest BCUT2D eigenvalue weighted by molar-refractivity contribution is 0.660. The molecule has 0 unspecified atom stereocenters. The first kappa shape index (κ1) is 26.4. The van der Waals surface area contributed by atoms with Gasteiger partial charge in [0.2, 0.25) is 0 Å². The van der Waals surface area contributed by atoms with E-state index in [4.69, 9.17) is 0 Å². The fourth-order valence-corrected chi connectivity index (χ4v) is 8.12. The van der Waals surface area contributed by atoms with E-state index in [1.165, 1.54) is 88.2 Å². The summed E-state index contributed by atoms with van der Waals surface area (Å²) in [7, 11) is 0. The Morgan fingerprint density at radius 2 is 1.13 bits per heavy atom. The van der Waals surface area contributed by atoms with E-state index in [2.05, 4.69) is 181 Å². The van der Waals surface area contributed by atoms with Crippen LogP contribution in [0.4, 0.5) is 0 Å². The zero-order valence-corrected chi connectivity index (χ0v) is 26.4. The minimum atomic E-state index is -0.0320. The second-order valence-corrected chi connectivity index (χ2v) is 13.5. The van der Waals surface area contributed by atoms with Gasteiger partial charge in [-0.25, -0.2) is 0 Å². The zero-order chi connectivity index (χ0) is 31.3. The smallest absolute Gasteiger partial charge is 0.0547 e. The van der Waals surface area contributed by atoms with E-state index in [-0.39, 0.29) is 5.41 Å². The average molecular weight is 601 g/mol. The molecule has 1 aliphatic carbocycles. The molecule has 2 heteroatoms. The van der Waals surface area contributed by atoms with Crippen molar-refractivity contribution < 1.29 is 0 Å². The molecule has 2 heterocycles. The van der Waals surface area contributed by atoms with Gasteiger partial charge in [-0.1, -0.05) is 105 Å². The second kappa shape index (κ2) is 9.57. The van der Waals surface area contributed by atoms with Gasteiger partial charge in [0.05, 0.1) is 16.6 Å². The summed E-state index contributed by atoms with van der Waals surface area (Å²) >= 11 is 0. The van der Waals surface area contributed by atoms with Gasteiger partial charge in [-0.05, 0) is 110 Å². The SMILES string of the molecule is CC1(C)c2ccccc2-c2ccc(-n3ccc4ccc(-c5ccc6c(c5)c5cc7ccccc7cc5n6-c5ccccc5)cc43)cc21. The van der Waals surface area contributed by atoms with E-state index in [9.17, 15) is 0 Å². The predicted molar refractivity (Wildman–Crippen MR) is 198 cm³/mol. The van der Waals surface area contributed by atoms with Crippen LogP contribution in [0.15, 0.2) is 158 Å². The number of para-hydroxylation sites is 1. The average Bonchev–Trinajstić information content (AvgIpc) is 3.75. The monoisotopic (exact) mass is 600 g/mol. The first-order valence-electron chi connectivity index (χ1n) is 16.4. The Morgan fingerprint density at radius 1 is 0.426 bits per heavy atom. The van der Waals surface area contributed by atoms with E-state index < -0.39 is 0 Å². The Hall–Kier alpha value is -5.86. The Bertz CT molecular complexity index is 2700. The van der Waals surface area contributed by atoms with Crippen LogP contribution in [0.3, 0.4) is 0 Å². The highest BCUT2D eigenvalue weighted by molar-refractivity contribution is 6.14. The quantitative estimate of drug-likeness (QED) is 0.191. The molecule has 9 aromatic rings. The lowest BCUT2D eigenvalue weighted by Gasteiger charge is -2.22. The zero-order valence-electron chi connectivity index (χ0n) is 26.4. The Labute approximate surface area is 273 Å². The minimum absolute atomic E-state index is 0.0320. The normalized spacial score (nSPS) is 13.5. The van der Waals surface area contributed by atoms with Gasteiger partial charge in [-0.2, -0.15) is 0 Å². The van der Waals surface area contributed by atoms with E-state index >= 15 is 0 Å². The van der Waals surface area contributed by atoms with E-state index in [1.807, 2.05) is 0 Å². The van der Waals surface area contributed by atoms with Crippen LogP contribution in [0.2, 0.25) is 0 Å². The van der Waals surface area contributed by atoms with Gasteiger partial charge in [0.15, 0.2) is 0 Å². The summed E-state index contributed by atoms with van der Waals surface area (Å²) in [5.41, 5.74) is 13.9. The van der Waals surface area contributed by atoms with Crippen molar-refractivity contribution in [1.29, 1.82) is 0 Å². The highest BCUT2D eigenvalue weighted by Gasteiger charge is 2.35. The third kappa shape index (κ3) is 3.79.